The summed E-state index contributed by atoms with van der Waals surface area (Å²) in [6.07, 6.45) is 3.78. The minimum absolute atomic E-state index is 0.0626. The number of rotatable bonds is 6. The molecule has 3 N–H and O–H groups in total. The second kappa shape index (κ2) is 5.57. The highest BCUT2D eigenvalue weighted by Crippen LogP contribution is 2.01. The Balaban J connectivity index is 2.46. The van der Waals surface area contributed by atoms with Gasteiger partial charge in [0, 0.05) is 24.5 Å². The summed E-state index contributed by atoms with van der Waals surface area (Å²) < 4.78 is 25.8. The number of hydrogen-bond donors (Lipinski definition) is 2. The molecule has 0 unspecified atom stereocenters. The molecule has 1 aromatic rings. The number of pyridine rings is 1. The van der Waals surface area contributed by atoms with Crippen molar-refractivity contribution in [2.45, 2.75) is 25.8 Å². The van der Waals surface area contributed by atoms with Crippen LogP contribution < -0.4 is 10.5 Å². The molecule has 96 valence electrons. The molecule has 0 aliphatic carbocycles. The molecule has 1 aromatic heterocycles. The zero-order chi connectivity index (χ0) is 12.9. The molecule has 0 atom stereocenters. The lowest BCUT2D eigenvalue weighted by atomic mass is 10.1. The SMILES string of the molecule is CC(C)(N)CNS(=O)(=O)CCc1ccncc1. The summed E-state index contributed by atoms with van der Waals surface area (Å²) in [6, 6.07) is 3.62. The van der Waals surface area contributed by atoms with E-state index in [1.807, 2.05) is 12.1 Å². The van der Waals surface area contributed by atoms with Crippen molar-refractivity contribution in [3.05, 3.63) is 30.1 Å². The van der Waals surface area contributed by atoms with Gasteiger partial charge in [0.05, 0.1) is 5.75 Å². The lowest BCUT2D eigenvalue weighted by Gasteiger charge is -2.18. The van der Waals surface area contributed by atoms with E-state index in [0.29, 0.717) is 6.42 Å². The van der Waals surface area contributed by atoms with E-state index in [-0.39, 0.29) is 12.3 Å². The maximum absolute atomic E-state index is 11.7. The molecule has 0 radical (unpaired) electrons. The predicted octanol–water partition coefficient (Wildman–Crippen LogP) is 0.281. The van der Waals surface area contributed by atoms with Crippen LogP contribution in [-0.2, 0) is 16.4 Å². The Morgan fingerprint density at radius 1 is 1.35 bits per heavy atom. The number of sulfonamides is 1. The lowest BCUT2D eigenvalue weighted by molar-refractivity contribution is 0.498. The van der Waals surface area contributed by atoms with E-state index in [1.165, 1.54) is 0 Å². The van der Waals surface area contributed by atoms with E-state index >= 15 is 0 Å². The molecule has 17 heavy (non-hydrogen) atoms. The van der Waals surface area contributed by atoms with Crippen LogP contribution in [0.2, 0.25) is 0 Å². The zero-order valence-electron chi connectivity index (χ0n) is 10.2. The molecule has 6 heteroatoms. The summed E-state index contributed by atoms with van der Waals surface area (Å²) in [4.78, 5) is 3.88. The molecule has 0 saturated carbocycles. The Hall–Kier alpha value is -0.980. The van der Waals surface area contributed by atoms with Crippen molar-refractivity contribution in [1.82, 2.24) is 9.71 Å². The van der Waals surface area contributed by atoms with Crippen molar-refractivity contribution in [2.75, 3.05) is 12.3 Å². The Morgan fingerprint density at radius 3 is 2.47 bits per heavy atom. The Kier molecular flexibility index (Phi) is 4.62. The summed E-state index contributed by atoms with van der Waals surface area (Å²) in [6.45, 7) is 3.79. The molecule has 0 bridgehead atoms. The van der Waals surface area contributed by atoms with Gasteiger partial charge in [-0.2, -0.15) is 0 Å². The van der Waals surface area contributed by atoms with Crippen LogP contribution in [0.15, 0.2) is 24.5 Å². The van der Waals surface area contributed by atoms with Crippen molar-refractivity contribution in [1.29, 1.82) is 0 Å². The van der Waals surface area contributed by atoms with Gasteiger partial charge in [0.15, 0.2) is 0 Å². The van der Waals surface area contributed by atoms with Crippen molar-refractivity contribution >= 4 is 10.0 Å². The van der Waals surface area contributed by atoms with Gasteiger partial charge in [-0.1, -0.05) is 0 Å². The van der Waals surface area contributed by atoms with Crippen molar-refractivity contribution in [3.8, 4) is 0 Å². The fourth-order valence-corrected chi connectivity index (χ4v) is 2.41. The van der Waals surface area contributed by atoms with Gasteiger partial charge in [0.1, 0.15) is 0 Å². The first kappa shape index (κ1) is 14.1. The maximum Gasteiger partial charge on any atom is 0.211 e. The molecule has 0 saturated heterocycles. The fraction of sp³-hybridized carbons (Fsp3) is 0.545. The number of nitrogens with zero attached hydrogens (tertiary/aromatic N) is 1. The number of aryl methyl sites for hydroxylation is 1. The Morgan fingerprint density at radius 2 is 1.94 bits per heavy atom. The summed E-state index contributed by atoms with van der Waals surface area (Å²) in [5.41, 5.74) is 6.13. The van der Waals surface area contributed by atoms with Crippen LogP contribution in [0.25, 0.3) is 0 Å². The molecular weight excluding hydrogens is 238 g/mol. The number of aromatic nitrogens is 1. The van der Waals surface area contributed by atoms with Crippen LogP contribution in [-0.4, -0.2) is 31.2 Å². The molecular formula is C11H19N3O2S. The third kappa shape index (κ3) is 6.35. The summed E-state index contributed by atoms with van der Waals surface area (Å²) >= 11 is 0. The van der Waals surface area contributed by atoms with Gasteiger partial charge < -0.3 is 5.73 Å². The first-order chi connectivity index (χ1) is 7.79. The van der Waals surface area contributed by atoms with E-state index in [9.17, 15) is 8.42 Å². The molecule has 0 amide bonds. The quantitative estimate of drug-likeness (QED) is 0.766. The molecule has 0 aliphatic heterocycles. The van der Waals surface area contributed by atoms with Gasteiger partial charge in [-0.25, -0.2) is 13.1 Å². The minimum atomic E-state index is -3.26. The molecule has 5 nitrogen and oxygen atoms in total. The first-order valence-electron chi connectivity index (χ1n) is 5.44. The van der Waals surface area contributed by atoms with Crippen LogP contribution in [0.1, 0.15) is 19.4 Å². The highest BCUT2D eigenvalue weighted by Gasteiger charge is 2.16. The molecule has 0 aliphatic rings. The van der Waals surface area contributed by atoms with Gasteiger partial charge in [0.25, 0.3) is 0 Å². The second-order valence-electron chi connectivity index (χ2n) is 4.73. The molecule has 0 aromatic carbocycles. The summed E-state index contributed by atoms with van der Waals surface area (Å²) in [5, 5.41) is 0. The molecule has 0 spiro atoms. The van der Waals surface area contributed by atoms with Gasteiger partial charge in [0.2, 0.25) is 10.0 Å². The maximum atomic E-state index is 11.7. The van der Waals surface area contributed by atoms with Crippen molar-refractivity contribution < 1.29 is 8.42 Å². The van der Waals surface area contributed by atoms with Gasteiger partial charge in [-0.05, 0) is 38.0 Å². The average molecular weight is 257 g/mol. The van der Waals surface area contributed by atoms with E-state index in [2.05, 4.69) is 9.71 Å². The Labute approximate surface area is 102 Å². The Bertz CT molecular complexity index is 438. The monoisotopic (exact) mass is 257 g/mol. The van der Waals surface area contributed by atoms with E-state index < -0.39 is 15.6 Å². The lowest BCUT2D eigenvalue weighted by Crippen LogP contribution is -2.45. The van der Waals surface area contributed by atoms with Crippen LogP contribution >= 0.6 is 0 Å². The first-order valence-corrected chi connectivity index (χ1v) is 7.09. The standard InChI is InChI=1S/C11H19N3O2S/c1-11(2,12)9-14-17(15,16)8-5-10-3-6-13-7-4-10/h3-4,6-7,14H,5,8-9,12H2,1-2H3. The van der Waals surface area contributed by atoms with E-state index in [4.69, 9.17) is 5.73 Å². The average Bonchev–Trinajstić information content (AvgIpc) is 2.25. The van der Waals surface area contributed by atoms with Gasteiger partial charge in [-0.3, -0.25) is 4.98 Å². The van der Waals surface area contributed by atoms with Gasteiger partial charge in [-0.15, -0.1) is 0 Å². The summed E-state index contributed by atoms with van der Waals surface area (Å²) in [5.74, 6) is 0.0626. The van der Waals surface area contributed by atoms with Crippen LogP contribution in [0.3, 0.4) is 0 Å². The topological polar surface area (TPSA) is 85.1 Å². The van der Waals surface area contributed by atoms with E-state index in [0.717, 1.165) is 5.56 Å². The minimum Gasteiger partial charge on any atom is -0.324 e. The van der Waals surface area contributed by atoms with Crippen LogP contribution in [0.5, 0.6) is 0 Å². The fourth-order valence-electron chi connectivity index (χ4n) is 1.17. The third-order valence-corrected chi connectivity index (χ3v) is 3.48. The molecule has 1 rings (SSSR count). The van der Waals surface area contributed by atoms with E-state index in [1.54, 1.807) is 26.2 Å². The number of nitrogens with one attached hydrogen (secondary N) is 1. The van der Waals surface area contributed by atoms with Gasteiger partial charge >= 0.3 is 0 Å². The molecule has 0 fully saturated rings. The van der Waals surface area contributed by atoms with Crippen LogP contribution in [0.4, 0.5) is 0 Å². The van der Waals surface area contributed by atoms with Crippen molar-refractivity contribution in [2.24, 2.45) is 5.73 Å². The summed E-state index contributed by atoms with van der Waals surface area (Å²) in [7, 11) is -3.26. The third-order valence-electron chi connectivity index (χ3n) is 2.16. The highest BCUT2D eigenvalue weighted by molar-refractivity contribution is 7.89. The smallest absolute Gasteiger partial charge is 0.211 e. The number of hydrogen-bond acceptors (Lipinski definition) is 4. The highest BCUT2D eigenvalue weighted by atomic mass is 32.2. The number of nitrogens with two attached hydrogens (primary N) is 1. The molecule has 1 heterocycles. The van der Waals surface area contributed by atoms with Crippen molar-refractivity contribution in [3.63, 3.8) is 0 Å². The van der Waals surface area contributed by atoms with Crippen LogP contribution in [0, 0.1) is 0 Å². The zero-order valence-corrected chi connectivity index (χ0v) is 11.0. The second-order valence-corrected chi connectivity index (χ2v) is 6.66. The normalized spacial score (nSPS) is 12.6. The predicted molar refractivity (Wildman–Crippen MR) is 68.0 cm³/mol. The largest absolute Gasteiger partial charge is 0.324 e.